The third-order valence-electron chi connectivity index (χ3n) is 9.76. The third-order valence-corrected chi connectivity index (χ3v) is 9.76. The topological polar surface area (TPSA) is 396 Å². The van der Waals surface area contributed by atoms with Crippen LogP contribution in [-0.2, 0) is 57.6 Å². The minimum atomic E-state index is -1.75. The molecule has 0 aliphatic heterocycles. The number of aromatic amines is 1. The number of aliphatic hydroxyl groups excluding tert-OH is 2. The number of phenolic OH excluding ortho intramolecular Hbond substituents is 1. The van der Waals surface area contributed by atoms with Crippen LogP contribution in [0.25, 0.3) is 0 Å². The van der Waals surface area contributed by atoms with Crippen LogP contribution in [0.1, 0.15) is 48.9 Å². The largest absolute Gasteiger partial charge is 0.508 e. The van der Waals surface area contributed by atoms with Gasteiger partial charge >= 0.3 is 5.97 Å². The molecule has 7 amide bonds. The number of phenols is 1. The van der Waals surface area contributed by atoms with E-state index in [-0.39, 0.29) is 50.8 Å². The number of unbranched alkanes of at least 4 members (excludes halogenated alkanes) is 1. The summed E-state index contributed by atoms with van der Waals surface area (Å²) in [5, 5.41) is 54.0. The average Bonchev–Trinajstić information content (AvgIpc) is 3.79. The monoisotopic (exact) mass is 895 g/mol. The molecule has 348 valence electrons. The number of aromatic hydroxyl groups is 1. The summed E-state index contributed by atoms with van der Waals surface area (Å²) < 4.78 is 0. The summed E-state index contributed by atoms with van der Waals surface area (Å²) in [7, 11) is 0. The number of H-pyrrole nitrogens is 1. The second-order valence-corrected chi connectivity index (χ2v) is 14.8. The second kappa shape index (κ2) is 26.5. The van der Waals surface area contributed by atoms with E-state index in [2.05, 4.69) is 41.9 Å². The predicted octanol–water partition coefficient (Wildman–Crippen LogP) is -4.16. The molecule has 0 spiro atoms. The molecular weight excluding hydrogens is 839 g/mol. The number of aromatic nitrogens is 2. The summed E-state index contributed by atoms with van der Waals surface area (Å²) in [6, 6.07) is 3.79. The fourth-order valence-electron chi connectivity index (χ4n) is 6.19. The van der Waals surface area contributed by atoms with Gasteiger partial charge in [0.2, 0.25) is 41.4 Å². The lowest BCUT2D eigenvalue weighted by molar-refractivity contribution is -0.142. The van der Waals surface area contributed by atoms with Crippen molar-refractivity contribution in [3.63, 3.8) is 0 Å². The fraction of sp³-hybridized carbons (Fsp3) is 0.439. The number of aliphatic carboxylic acids is 1. The van der Waals surface area contributed by atoms with Crippen LogP contribution in [-0.4, -0.2) is 140 Å². The lowest BCUT2D eigenvalue weighted by Gasteiger charge is -2.27. The predicted molar refractivity (Wildman–Crippen MR) is 227 cm³/mol. The molecule has 3 aromatic rings. The van der Waals surface area contributed by atoms with Gasteiger partial charge in [-0.2, -0.15) is 0 Å². The first-order valence-electron chi connectivity index (χ1n) is 20.3. The van der Waals surface area contributed by atoms with Crippen LogP contribution in [0, 0.1) is 0 Å². The number of carboxylic acid groups (broad SMARTS) is 1. The fourth-order valence-corrected chi connectivity index (χ4v) is 6.19. The van der Waals surface area contributed by atoms with Crippen molar-refractivity contribution in [1.82, 2.24) is 41.9 Å². The van der Waals surface area contributed by atoms with Gasteiger partial charge in [0, 0.05) is 37.6 Å². The number of nitrogens with two attached hydrogens (primary N) is 3. The Hall–Kier alpha value is -6.95. The maximum Gasteiger partial charge on any atom is 0.326 e. The molecule has 3 rings (SSSR count). The second-order valence-electron chi connectivity index (χ2n) is 14.8. The van der Waals surface area contributed by atoms with Gasteiger partial charge in [0.05, 0.1) is 19.5 Å². The Bertz CT molecular complexity index is 2000. The lowest BCUT2D eigenvalue weighted by atomic mass is 10.0. The van der Waals surface area contributed by atoms with Gasteiger partial charge in [-0.05, 0) is 55.5 Å². The number of imidazole rings is 1. The van der Waals surface area contributed by atoms with Gasteiger partial charge in [-0.15, -0.1) is 0 Å². The Labute approximate surface area is 367 Å². The summed E-state index contributed by atoms with van der Waals surface area (Å²) >= 11 is 0. The van der Waals surface area contributed by atoms with Crippen LogP contribution in [0.3, 0.4) is 0 Å². The van der Waals surface area contributed by atoms with Gasteiger partial charge in [-0.3, -0.25) is 33.6 Å². The van der Waals surface area contributed by atoms with Crippen LogP contribution in [0.5, 0.6) is 5.75 Å². The number of carboxylic acids is 1. The number of nitrogens with one attached hydrogen (secondary N) is 7. The molecule has 17 N–H and O–H groups in total. The molecular formula is C41H57N11O12. The highest BCUT2D eigenvalue weighted by Crippen LogP contribution is 2.13. The number of rotatable bonds is 28. The van der Waals surface area contributed by atoms with E-state index in [0.717, 1.165) is 0 Å². The smallest absolute Gasteiger partial charge is 0.326 e. The van der Waals surface area contributed by atoms with Crippen LogP contribution in [0.15, 0.2) is 67.1 Å². The first-order chi connectivity index (χ1) is 30.5. The van der Waals surface area contributed by atoms with Gasteiger partial charge in [0.15, 0.2) is 0 Å². The highest BCUT2D eigenvalue weighted by molar-refractivity contribution is 5.97. The normalized spacial score (nSPS) is 14.2. The molecule has 0 radical (unpaired) electrons. The molecule has 1 heterocycles. The van der Waals surface area contributed by atoms with E-state index in [4.69, 9.17) is 17.2 Å². The van der Waals surface area contributed by atoms with Crippen molar-refractivity contribution in [2.45, 2.75) is 93.7 Å². The van der Waals surface area contributed by atoms with Crippen molar-refractivity contribution in [1.29, 1.82) is 0 Å². The van der Waals surface area contributed by atoms with E-state index in [1.807, 2.05) is 0 Å². The van der Waals surface area contributed by atoms with Crippen LogP contribution in [0.2, 0.25) is 0 Å². The van der Waals surface area contributed by atoms with Crippen molar-refractivity contribution in [2.75, 3.05) is 19.8 Å². The van der Waals surface area contributed by atoms with Crippen molar-refractivity contribution in [3.05, 3.63) is 83.9 Å². The molecule has 0 aliphatic rings. The Balaban J connectivity index is 1.92. The molecule has 1 aromatic heterocycles. The minimum absolute atomic E-state index is 0.0479. The summed E-state index contributed by atoms with van der Waals surface area (Å²) in [5.74, 6) is -7.96. The van der Waals surface area contributed by atoms with E-state index in [1.54, 1.807) is 30.3 Å². The lowest BCUT2D eigenvalue weighted by Crippen LogP contribution is -2.61. The minimum Gasteiger partial charge on any atom is -0.508 e. The van der Waals surface area contributed by atoms with Crippen LogP contribution >= 0.6 is 0 Å². The number of hydrogen-bond acceptors (Lipinski definition) is 14. The van der Waals surface area contributed by atoms with Gasteiger partial charge in [-0.25, -0.2) is 9.78 Å². The highest BCUT2D eigenvalue weighted by atomic mass is 16.4. The van der Waals surface area contributed by atoms with Crippen molar-refractivity contribution < 1.29 is 58.8 Å². The average molecular weight is 896 g/mol. The number of carbonyl (C=O) groups is 8. The number of primary amides is 1. The molecule has 0 aliphatic carbocycles. The van der Waals surface area contributed by atoms with E-state index < -0.39 is 103 Å². The third kappa shape index (κ3) is 17.4. The van der Waals surface area contributed by atoms with E-state index in [9.17, 15) is 58.8 Å². The standard InChI is InChI=1S/C41H57N11O12/c42-15-5-4-8-28(36(58)51-32(41(63)64)18-25-19-45-22-46-25)48-38(60)30(16-23-6-2-1-3-7-23)49-39(61)31(17-24-9-11-26(55)12-10-24)50-40(62)33(21-54)52-37(59)29(13-14-34(44)56)47-35(57)27(43)20-53/h1-3,6-7,9-12,19,22,27-33,53-55H,4-5,8,13-18,20-21,42-43H2,(H2,44,56)(H,45,46)(H,47,57)(H,48,60)(H,49,61)(H,50,62)(H,51,58)(H,52,59)(H,63,64)/t27-,28-,29-,30-,31-,32-,33-/m0/s1. The first-order valence-corrected chi connectivity index (χ1v) is 20.3. The zero-order valence-corrected chi connectivity index (χ0v) is 34.9. The molecule has 0 bridgehead atoms. The molecule has 23 nitrogen and oxygen atoms in total. The maximum atomic E-state index is 14.3. The highest BCUT2D eigenvalue weighted by Gasteiger charge is 2.34. The first kappa shape index (κ1) is 51.4. The SMILES string of the molecule is NCCCC[C@H](NC(=O)[C@H](Cc1ccccc1)NC(=O)[C@H](Cc1ccc(O)cc1)NC(=O)[C@H](CO)NC(=O)[C@H](CCC(N)=O)NC(=O)[C@@H](N)CO)C(=O)N[C@@H](Cc1cnc[nH]1)C(=O)O. The Morgan fingerprint density at radius 3 is 1.62 bits per heavy atom. The zero-order chi connectivity index (χ0) is 47.2. The Kier molecular flexibility index (Phi) is 21.3. The molecule has 0 saturated heterocycles. The summed E-state index contributed by atoms with van der Waals surface area (Å²) in [5.41, 5.74) is 17.9. The number of aliphatic hydroxyl groups is 2. The number of hydrogen-bond donors (Lipinski definition) is 14. The summed E-state index contributed by atoms with van der Waals surface area (Å²) in [4.78, 5) is 112. The van der Waals surface area contributed by atoms with Crippen molar-refractivity contribution in [3.8, 4) is 5.75 Å². The van der Waals surface area contributed by atoms with Gasteiger partial charge in [-0.1, -0.05) is 42.5 Å². The van der Waals surface area contributed by atoms with E-state index in [1.165, 1.54) is 36.8 Å². The quantitative estimate of drug-likeness (QED) is 0.0308. The van der Waals surface area contributed by atoms with E-state index in [0.29, 0.717) is 29.7 Å². The molecule has 7 atom stereocenters. The van der Waals surface area contributed by atoms with E-state index >= 15 is 0 Å². The van der Waals surface area contributed by atoms with Crippen molar-refractivity contribution >= 4 is 47.3 Å². The number of carbonyl (C=O) groups excluding carboxylic acids is 7. The molecule has 0 fully saturated rings. The number of nitrogens with zero attached hydrogens (tertiary/aromatic N) is 1. The molecule has 23 heteroatoms. The molecule has 2 aromatic carbocycles. The number of benzene rings is 2. The van der Waals surface area contributed by atoms with Gasteiger partial charge < -0.3 is 74.5 Å². The molecule has 0 saturated carbocycles. The summed E-state index contributed by atoms with van der Waals surface area (Å²) in [6.45, 7) is -1.52. The number of amides is 7. The Morgan fingerprint density at radius 1 is 0.609 bits per heavy atom. The molecule has 0 unspecified atom stereocenters. The zero-order valence-electron chi connectivity index (χ0n) is 34.9. The van der Waals surface area contributed by atoms with Gasteiger partial charge in [0.1, 0.15) is 48.0 Å². The van der Waals surface area contributed by atoms with Crippen molar-refractivity contribution in [2.24, 2.45) is 17.2 Å². The Morgan fingerprint density at radius 2 is 1.11 bits per heavy atom. The molecule has 64 heavy (non-hydrogen) atoms. The van der Waals surface area contributed by atoms with Gasteiger partial charge in [0.25, 0.3) is 0 Å². The van der Waals surface area contributed by atoms with Crippen LogP contribution in [0.4, 0.5) is 0 Å². The maximum absolute atomic E-state index is 14.3. The van der Waals surface area contributed by atoms with Crippen LogP contribution < -0.4 is 49.1 Å². The summed E-state index contributed by atoms with van der Waals surface area (Å²) in [6.07, 6.45) is 2.38.